The summed E-state index contributed by atoms with van der Waals surface area (Å²) in [4.78, 5) is 61.3. The molecule has 0 aliphatic carbocycles. The second-order valence-electron chi connectivity index (χ2n) is 12.0. The van der Waals surface area contributed by atoms with E-state index in [0.717, 1.165) is 5.56 Å². The first kappa shape index (κ1) is 36.5. The van der Waals surface area contributed by atoms with Gasteiger partial charge in [-0.3, -0.25) is 14.4 Å². The van der Waals surface area contributed by atoms with Crippen molar-refractivity contribution < 1.29 is 23.9 Å². The van der Waals surface area contributed by atoms with Gasteiger partial charge in [0.1, 0.15) is 17.5 Å². The van der Waals surface area contributed by atoms with Crippen molar-refractivity contribution in [3.63, 3.8) is 0 Å². The second-order valence-corrected chi connectivity index (χ2v) is 12.0. The summed E-state index contributed by atoms with van der Waals surface area (Å²) in [5.74, 6) is -0.524. The van der Waals surface area contributed by atoms with Crippen LogP contribution in [0.15, 0.2) is 36.4 Å². The van der Waals surface area contributed by atoms with Crippen LogP contribution in [0.3, 0.4) is 0 Å². The molecule has 13 heteroatoms. The number of likely N-dealkylation sites (N-methyl/N-ethyl adjacent to an activating group) is 2. The standard InChI is InChI=1S/C32H48N8O5/c1-10-24-28(35-20(2)3)38-29(26(37-24)27(33)42)36-23-14-11-13-22(19-23)16-17-34-30(43)21(4)40(9)25(41)15-12-18-39(8)31(44)45-32(5,6)7/h11-15,19-21H,10,16-18H2,1-9H3,(H2,33,42)(H,34,43)(H2,35,36,38)/b15-12+/t21-/m0/s1. The summed E-state index contributed by atoms with van der Waals surface area (Å²) in [6.45, 7) is 13.4. The summed E-state index contributed by atoms with van der Waals surface area (Å²) in [5, 5.41) is 9.30. The van der Waals surface area contributed by atoms with Crippen LogP contribution >= 0.6 is 0 Å². The molecule has 45 heavy (non-hydrogen) atoms. The van der Waals surface area contributed by atoms with E-state index in [9.17, 15) is 19.2 Å². The van der Waals surface area contributed by atoms with Crippen LogP contribution in [0, 0.1) is 0 Å². The second kappa shape index (κ2) is 16.4. The fraction of sp³-hybridized carbons (Fsp3) is 0.500. The number of primary amides is 1. The molecular weight excluding hydrogens is 576 g/mol. The van der Waals surface area contributed by atoms with Crippen LogP contribution in [-0.4, -0.2) is 88.5 Å². The van der Waals surface area contributed by atoms with Gasteiger partial charge in [-0.15, -0.1) is 0 Å². The minimum absolute atomic E-state index is 0.0522. The molecule has 0 fully saturated rings. The zero-order chi connectivity index (χ0) is 33.9. The average molecular weight is 625 g/mol. The molecule has 0 bridgehead atoms. The van der Waals surface area contributed by atoms with Crippen LogP contribution in [0.2, 0.25) is 0 Å². The molecule has 2 aromatic rings. The monoisotopic (exact) mass is 624 g/mol. The zero-order valence-corrected chi connectivity index (χ0v) is 27.9. The van der Waals surface area contributed by atoms with Crippen molar-refractivity contribution in [2.75, 3.05) is 37.8 Å². The van der Waals surface area contributed by atoms with Gasteiger partial charge in [0, 0.05) is 45.0 Å². The Kier molecular flexibility index (Phi) is 13.3. The van der Waals surface area contributed by atoms with Gasteiger partial charge < -0.3 is 36.2 Å². The molecule has 5 N–H and O–H groups in total. The van der Waals surface area contributed by atoms with Crippen LogP contribution in [0.5, 0.6) is 0 Å². The molecule has 0 aliphatic rings. The Labute approximate surface area is 266 Å². The Morgan fingerprint density at radius 3 is 2.36 bits per heavy atom. The van der Waals surface area contributed by atoms with E-state index >= 15 is 0 Å². The lowest BCUT2D eigenvalue weighted by atomic mass is 10.1. The third kappa shape index (κ3) is 11.7. The molecule has 1 aromatic carbocycles. The molecule has 0 saturated heterocycles. The number of nitrogens with zero attached hydrogens (tertiary/aromatic N) is 4. The van der Waals surface area contributed by atoms with Crippen LogP contribution in [0.1, 0.15) is 70.2 Å². The van der Waals surface area contributed by atoms with Gasteiger partial charge in [0.05, 0.1) is 5.69 Å². The number of nitrogens with two attached hydrogens (primary N) is 1. The van der Waals surface area contributed by atoms with Crippen LogP contribution in [0.25, 0.3) is 0 Å². The first-order chi connectivity index (χ1) is 21.0. The van der Waals surface area contributed by atoms with E-state index in [1.54, 1.807) is 47.9 Å². The summed E-state index contributed by atoms with van der Waals surface area (Å²) in [6.07, 6.45) is 3.48. The van der Waals surface area contributed by atoms with E-state index in [2.05, 4.69) is 25.9 Å². The third-order valence-corrected chi connectivity index (χ3v) is 6.52. The molecule has 1 aromatic heterocycles. The summed E-state index contributed by atoms with van der Waals surface area (Å²) in [7, 11) is 3.12. The highest BCUT2D eigenvalue weighted by molar-refractivity contribution is 5.96. The number of carbonyl (C=O) groups excluding carboxylic acids is 4. The highest BCUT2D eigenvalue weighted by Crippen LogP contribution is 2.23. The molecule has 1 atom stereocenters. The van der Waals surface area contributed by atoms with E-state index in [4.69, 9.17) is 10.5 Å². The van der Waals surface area contributed by atoms with Crippen LogP contribution < -0.4 is 21.7 Å². The smallest absolute Gasteiger partial charge is 0.410 e. The van der Waals surface area contributed by atoms with Gasteiger partial charge in [0.25, 0.3) is 5.91 Å². The lowest BCUT2D eigenvalue weighted by Gasteiger charge is -2.24. The van der Waals surface area contributed by atoms with Crippen LogP contribution in [0.4, 0.5) is 22.1 Å². The molecule has 2 rings (SSSR count). The van der Waals surface area contributed by atoms with Gasteiger partial charge in [-0.2, -0.15) is 0 Å². The maximum absolute atomic E-state index is 12.8. The first-order valence-electron chi connectivity index (χ1n) is 15.0. The molecule has 4 amide bonds. The van der Waals surface area contributed by atoms with Crippen molar-refractivity contribution in [2.24, 2.45) is 5.73 Å². The normalized spacial score (nSPS) is 12.0. The summed E-state index contributed by atoms with van der Waals surface area (Å²) >= 11 is 0. The minimum atomic E-state index is -0.718. The van der Waals surface area contributed by atoms with E-state index in [0.29, 0.717) is 36.6 Å². The number of hydrogen-bond donors (Lipinski definition) is 4. The van der Waals surface area contributed by atoms with Gasteiger partial charge >= 0.3 is 6.09 Å². The lowest BCUT2D eigenvalue weighted by Crippen LogP contribution is -2.45. The Morgan fingerprint density at radius 1 is 1.07 bits per heavy atom. The van der Waals surface area contributed by atoms with Crippen molar-refractivity contribution >= 4 is 41.1 Å². The van der Waals surface area contributed by atoms with Crippen molar-refractivity contribution in [3.05, 3.63) is 53.4 Å². The molecule has 0 aliphatic heterocycles. The zero-order valence-electron chi connectivity index (χ0n) is 27.9. The van der Waals surface area contributed by atoms with Gasteiger partial charge in [-0.25, -0.2) is 14.8 Å². The van der Waals surface area contributed by atoms with E-state index in [1.165, 1.54) is 15.9 Å². The highest BCUT2D eigenvalue weighted by atomic mass is 16.6. The van der Waals surface area contributed by atoms with Crippen molar-refractivity contribution in [3.8, 4) is 0 Å². The van der Waals surface area contributed by atoms with Gasteiger partial charge in [-0.1, -0.05) is 25.1 Å². The third-order valence-electron chi connectivity index (χ3n) is 6.52. The predicted molar refractivity (Wildman–Crippen MR) is 175 cm³/mol. The fourth-order valence-corrected chi connectivity index (χ4v) is 3.99. The number of carbonyl (C=O) groups is 4. The Morgan fingerprint density at radius 2 is 1.76 bits per heavy atom. The van der Waals surface area contributed by atoms with Crippen molar-refractivity contribution in [2.45, 2.75) is 79.0 Å². The minimum Gasteiger partial charge on any atom is -0.444 e. The summed E-state index contributed by atoms with van der Waals surface area (Å²) in [6, 6.07) is 6.89. The number of amides is 4. The number of anilines is 3. The Balaban J connectivity index is 1.97. The molecular formula is C32H48N8O5. The van der Waals surface area contributed by atoms with E-state index in [1.807, 2.05) is 45.0 Å². The summed E-state index contributed by atoms with van der Waals surface area (Å²) < 4.78 is 5.29. The molecule has 0 unspecified atom stereocenters. The SMILES string of the molecule is CCc1nc(C(N)=O)c(Nc2cccc(CCNC(=O)[C@H](C)N(C)C(=O)/C=C/CN(C)C(=O)OC(C)(C)C)c2)nc1NC(C)C. The quantitative estimate of drug-likeness (QED) is 0.229. The van der Waals surface area contributed by atoms with Gasteiger partial charge in [-0.05, 0) is 72.1 Å². The number of aryl methyl sites for hydroxylation is 1. The maximum atomic E-state index is 12.8. The topological polar surface area (TPSA) is 172 Å². The number of benzene rings is 1. The molecule has 1 heterocycles. The van der Waals surface area contributed by atoms with Crippen molar-refractivity contribution in [1.82, 2.24) is 25.1 Å². The number of ether oxygens (including phenoxy) is 1. The van der Waals surface area contributed by atoms with Crippen LogP contribution in [-0.2, 0) is 27.2 Å². The molecule has 0 saturated carbocycles. The average Bonchev–Trinajstić information content (AvgIpc) is 2.95. The molecule has 0 radical (unpaired) electrons. The number of rotatable bonds is 14. The largest absolute Gasteiger partial charge is 0.444 e. The Bertz CT molecular complexity index is 1390. The maximum Gasteiger partial charge on any atom is 0.410 e. The fourth-order valence-electron chi connectivity index (χ4n) is 3.99. The van der Waals surface area contributed by atoms with E-state index < -0.39 is 23.6 Å². The summed E-state index contributed by atoms with van der Waals surface area (Å²) in [5.41, 5.74) is 7.30. The molecule has 246 valence electrons. The van der Waals surface area contributed by atoms with E-state index in [-0.39, 0.29) is 35.9 Å². The lowest BCUT2D eigenvalue weighted by molar-refractivity contribution is -0.135. The highest BCUT2D eigenvalue weighted by Gasteiger charge is 2.22. The molecule has 13 nitrogen and oxygen atoms in total. The number of hydrogen-bond acceptors (Lipinski definition) is 9. The molecule has 0 spiro atoms. The number of nitrogens with one attached hydrogen (secondary N) is 3. The Hall–Kier alpha value is -4.68. The number of aromatic nitrogens is 2. The first-order valence-corrected chi connectivity index (χ1v) is 15.0. The van der Waals surface area contributed by atoms with Crippen molar-refractivity contribution in [1.29, 1.82) is 0 Å². The predicted octanol–water partition coefficient (Wildman–Crippen LogP) is 3.63. The van der Waals surface area contributed by atoms with Gasteiger partial charge in [0.15, 0.2) is 11.5 Å². The van der Waals surface area contributed by atoms with Gasteiger partial charge in [0.2, 0.25) is 11.8 Å².